The first-order valence-corrected chi connectivity index (χ1v) is 7.26. The SMILES string of the molecule is Nc1cc(C(=O)O)nc(N2CCC(C3CCC3)CC2)n1. The summed E-state index contributed by atoms with van der Waals surface area (Å²) in [5.41, 5.74) is 5.64. The van der Waals surface area contributed by atoms with E-state index in [0.29, 0.717) is 5.95 Å². The number of anilines is 2. The number of rotatable bonds is 3. The van der Waals surface area contributed by atoms with Gasteiger partial charge in [0.1, 0.15) is 5.82 Å². The fourth-order valence-corrected chi connectivity index (χ4v) is 3.19. The van der Waals surface area contributed by atoms with Crippen LogP contribution in [0.15, 0.2) is 6.07 Å². The zero-order valence-electron chi connectivity index (χ0n) is 11.5. The lowest BCUT2D eigenvalue weighted by Gasteiger charge is -2.39. The molecule has 0 unspecified atom stereocenters. The van der Waals surface area contributed by atoms with Crippen molar-refractivity contribution in [3.8, 4) is 0 Å². The van der Waals surface area contributed by atoms with Crippen LogP contribution in [0.4, 0.5) is 11.8 Å². The van der Waals surface area contributed by atoms with Crippen LogP contribution in [0.5, 0.6) is 0 Å². The Labute approximate surface area is 118 Å². The minimum absolute atomic E-state index is 0.0337. The van der Waals surface area contributed by atoms with E-state index in [1.807, 2.05) is 0 Å². The van der Waals surface area contributed by atoms with Gasteiger partial charge in [0.05, 0.1) is 0 Å². The van der Waals surface area contributed by atoms with E-state index < -0.39 is 5.97 Å². The Morgan fingerprint density at radius 3 is 2.40 bits per heavy atom. The molecule has 6 nitrogen and oxygen atoms in total. The fourth-order valence-electron chi connectivity index (χ4n) is 3.19. The first-order valence-electron chi connectivity index (χ1n) is 7.26. The van der Waals surface area contributed by atoms with Crippen LogP contribution < -0.4 is 10.6 Å². The molecule has 0 bridgehead atoms. The van der Waals surface area contributed by atoms with E-state index in [1.165, 1.54) is 25.3 Å². The van der Waals surface area contributed by atoms with Crippen LogP contribution in [0.25, 0.3) is 0 Å². The van der Waals surface area contributed by atoms with Crippen molar-refractivity contribution in [2.45, 2.75) is 32.1 Å². The lowest BCUT2D eigenvalue weighted by atomic mass is 9.72. The first-order chi connectivity index (χ1) is 9.63. The molecular formula is C14H20N4O2. The summed E-state index contributed by atoms with van der Waals surface area (Å²) in [5, 5.41) is 9.02. The number of nitrogen functional groups attached to an aromatic ring is 1. The molecule has 6 heteroatoms. The number of aromatic carboxylic acids is 1. The van der Waals surface area contributed by atoms with Gasteiger partial charge in [-0.15, -0.1) is 0 Å². The molecule has 2 fully saturated rings. The molecule has 1 saturated carbocycles. The second kappa shape index (κ2) is 5.26. The van der Waals surface area contributed by atoms with Crippen molar-refractivity contribution in [3.05, 3.63) is 11.8 Å². The van der Waals surface area contributed by atoms with Gasteiger partial charge in [-0.1, -0.05) is 19.3 Å². The highest BCUT2D eigenvalue weighted by molar-refractivity contribution is 5.86. The van der Waals surface area contributed by atoms with Crippen molar-refractivity contribution in [3.63, 3.8) is 0 Å². The molecule has 0 atom stereocenters. The molecule has 2 aliphatic rings. The summed E-state index contributed by atoms with van der Waals surface area (Å²) in [5.74, 6) is 1.33. The van der Waals surface area contributed by atoms with Gasteiger partial charge in [-0.2, -0.15) is 4.98 Å². The lowest BCUT2D eigenvalue weighted by Crippen LogP contribution is -2.38. The molecule has 108 valence electrons. The molecule has 20 heavy (non-hydrogen) atoms. The zero-order chi connectivity index (χ0) is 14.1. The largest absolute Gasteiger partial charge is 0.477 e. The van der Waals surface area contributed by atoms with Crippen LogP contribution in [-0.4, -0.2) is 34.1 Å². The molecule has 3 N–H and O–H groups in total. The zero-order valence-corrected chi connectivity index (χ0v) is 11.5. The molecular weight excluding hydrogens is 256 g/mol. The van der Waals surface area contributed by atoms with E-state index in [1.54, 1.807) is 0 Å². The minimum atomic E-state index is -1.07. The van der Waals surface area contributed by atoms with E-state index >= 15 is 0 Å². The number of carboxylic acid groups (broad SMARTS) is 1. The third kappa shape index (κ3) is 2.55. The summed E-state index contributed by atoms with van der Waals surface area (Å²) in [6.07, 6.45) is 6.42. The number of carboxylic acids is 1. The molecule has 0 radical (unpaired) electrons. The summed E-state index contributed by atoms with van der Waals surface area (Å²) in [6.45, 7) is 1.79. The first kappa shape index (κ1) is 13.1. The number of nitrogens with zero attached hydrogens (tertiary/aromatic N) is 3. The summed E-state index contributed by atoms with van der Waals surface area (Å²) >= 11 is 0. The third-order valence-electron chi connectivity index (χ3n) is 4.59. The predicted molar refractivity (Wildman–Crippen MR) is 75.7 cm³/mol. The van der Waals surface area contributed by atoms with Gasteiger partial charge >= 0.3 is 5.97 Å². The quantitative estimate of drug-likeness (QED) is 0.874. The topological polar surface area (TPSA) is 92.3 Å². The van der Waals surface area contributed by atoms with Gasteiger partial charge in [-0.25, -0.2) is 9.78 Å². The van der Waals surface area contributed by atoms with E-state index in [2.05, 4.69) is 14.9 Å². The van der Waals surface area contributed by atoms with E-state index in [9.17, 15) is 4.79 Å². The van der Waals surface area contributed by atoms with Crippen molar-refractivity contribution in [1.82, 2.24) is 9.97 Å². The Balaban J connectivity index is 1.69. The number of nitrogens with two attached hydrogens (primary N) is 1. The van der Waals surface area contributed by atoms with Gasteiger partial charge in [0.2, 0.25) is 5.95 Å². The van der Waals surface area contributed by atoms with Gasteiger partial charge in [0.25, 0.3) is 0 Å². The number of hydrogen-bond donors (Lipinski definition) is 2. The van der Waals surface area contributed by atoms with E-state index in [-0.39, 0.29) is 11.5 Å². The number of carbonyl (C=O) groups is 1. The maximum absolute atomic E-state index is 11.0. The summed E-state index contributed by atoms with van der Waals surface area (Å²) < 4.78 is 0. The number of hydrogen-bond acceptors (Lipinski definition) is 5. The van der Waals surface area contributed by atoms with Crippen LogP contribution in [0.2, 0.25) is 0 Å². The van der Waals surface area contributed by atoms with Crippen molar-refractivity contribution >= 4 is 17.7 Å². The third-order valence-corrected chi connectivity index (χ3v) is 4.59. The Morgan fingerprint density at radius 1 is 1.20 bits per heavy atom. The fraction of sp³-hybridized carbons (Fsp3) is 0.643. The van der Waals surface area contributed by atoms with Gasteiger partial charge in [0.15, 0.2) is 5.69 Å². The highest BCUT2D eigenvalue weighted by Crippen LogP contribution is 2.39. The molecule has 0 aromatic carbocycles. The Kier molecular flexibility index (Phi) is 3.46. The molecule has 1 aromatic rings. The Morgan fingerprint density at radius 2 is 1.85 bits per heavy atom. The van der Waals surface area contributed by atoms with Gasteiger partial charge in [-0.05, 0) is 24.7 Å². The minimum Gasteiger partial charge on any atom is -0.477 e. The molecule has 1 aliphatic heterocycles. The smallest absolute Gasteiger partial charge is 0.354 e. The maximum Gasteiger partial charge on any atom is 0.354 e. The lowest BCUT2D eigenvalue weighted by molar-refractivity contribution is 0.0690. The monoisotopic (exact) mass is 276 g/mol. The highest BCUT2D eigenvalue weighted by atomic mass is 16.4. The van der Waals surface area contributed by atoms with E-state index in [0.717, 1.165) is 37.8 Å². The second-order valence-electron chi connectivity index (χ2n) is 5.80. The highest BCUT2D eigenvalue weighted by Gasteiger charge is 2.31. The van der Waals surface area contributed by atoms with Gasteiger partial charge in [0, 0.05) is 19.2 Å². The Bertz CT molecular complexity index is 508. The average Bonchev–Trinajstić information content (AvgIpc) is 2.37. The Hall–Kier alpha value is -1.85. The van der Waals surface area contributed by atoms with Crippen molar-refractivity contribution < 1.29 is 9.90 Å². The van der Waals surface area contributed by atoms with Crippen molar-refractivity contribution in [1.29, 1.82) is 0 Å². The summed E-state index contributed by atoms with van der Waals surface area (Å²) in [6, 6.07) is 1.30. The normalized spacial score (nSPS) is 20.7. The summed E-state index contributed by atoms with van der Waals surface area (Å²) in [4.78, 5) is 21.3. The van der Waals surface area contributed by atoms with Crippen molar-refractivity contribution in [2.24, 2.45) is 11.8 Å². The molecule has 0 amide bonds. The molecule has 2 heterocycles. The molecule has 1 aliphatic carbocycles. The van der Waals surface area contributed by atoms with Gasteiger partial charge < -0.3 is 15.7 Å². The maximum atomic E-state index is 11.0. The molecule has 1 saturated heterocycles. The van der Waals surface area contributed by atoms with Crippen molar-refractivity contribution in [2.75, 3.05) is 23.7 Å². The molecule has 1 aromatic heterocycles. The standard InChI is InChI=1S/C14H20N4O2/c15-12-8-11(13(19)20)16-14(17-12)18-6-4-10(5-7-18)9-2-1-3-9/h8-10H,1-7H2,(H,19,20)(H2,15,16,17). The van der Waals surface area contributed by atoms with Crippen LogP contribution in [-0.2, 0) is 0 Å². The predicted octanol–water partition coefficient (Wildman–Crippen LogP) is 1.77. The van der Waals surface area contributed by atoms with Crippen LogP contribution in [0.3, 0.4) is 0 Å². The average molecular weight is 276 g/mol. The van der Waals surface area contributed by atoms with Crippen LogP contribution in [0, 0.1) is 11.8 Å². The molecule has 3 rings (SSSR count). The number of piperidine rings is 1. The summed E-state index contributed by atoms with van der Waals surface area (Å²) in [7, 11) is 0. The van der Waals surface area contributed by atoms with Crippen LogP contribution in [0.1, 0.15) is 42.6 Å². The number of aromatic nitrogens is 2. The van der Waals surface area contributed by atoms with Crippen LogP contribution >= 0.6 is 0 Å². The second-order valence-corrected chi connectivity index (χ2v) is 5.80. The van der Waals surface area contributed by atoms with Gasteiger partial charge in [-0.3, -0.25) is 0 Å². The molecule has 0 spiro atoms. The van der Waals surface area contributed by atoms with E-state index in [4.69, 9.17) is 10.8 Å².